The molecule has 2 rings (SSSR count). The second-order valence-corrected chi connectivity index (χ2v) is 4.57. The number of benzene rings is 1. The molecule has 3 amide bonds. The monoisotopic (exact) mass is 304 g/mol. The molecule has 1 heterocycles. The lowest BCUT2D eigenvalue weighted by molar-refractivity contribution is -0.144. The molecule has 1 aromatic carbocycles. The summed E-state index contributed by atoms with van der Waals surface area (Å²) in [5, 5.41) is 2.37. The highest BCUT2D eigenvalue weighted by molar-refractivity contribution is 5.96. The zero-order valence-electron chi connectivity index (χ0n) is 11.9. The van der Waals surface area contributed by atoms with Crippen LogP contribution in [0, 0.1) is 0 Å². The average molecular weight is 304 g/mol. The standard InChI is InChI=1S/C15H16N2O5/c1-2-8-21-13(18)12-9-17(14(19)16-12)15(20)22-10-11-6-4-3-5-7-11/h2-7,12H,1,8-10H2,(H,16,19). The lowest BCUT2D eigenvalue weighted by Crippen LogP contribution is -2.35. The van der Waals surface area contributed by atoms with Crippen molar-refractivity contribution < 1.29 is 23.9 Å². The molecule has 1 aliphatic heterocycles. The molecule has 0 aromatic heterocycles. The maximum Gasteiger partial charge on any atom is 0.418 e. The average Bonchev–Trinajstić information content (AvgIpc) is 2.93. The Morgan fingerprint density at radius 1 is 1.32 bits per heavy atom. The van der Waals surface area contributed by atoms with Gasteiger partial charge in [0.05, 0.1) is 6.54 Å². The van der Waals surface area contributed by atoms with Crippen LogP contribution in [-0.2, 0) is 20.9 Å². The largest absolute Gasteiger partial charge is 0.460 e. The molecule has 0 bridgehead atoms. The predicted octanol–water partition coefficient (Wildman–Crippen LogP) is 1.45. The summed E-state index contributed by atoms with van der Waals surface area (Å²) >= 11 is 0. The minimum Gasteiger partial charge on any atom is -0.460 e. The van der Waals surface area contributed by atoms with Crippen LogP contribution in [0.1, 0.15) is 5.56 Å². The van der Waals surface area contributed by atoms with Gasteiger partial charge in [0.15, 0.2) is 0 Å². The molecule has 22 heavy (non-hydrogen) atoms. The van der Waals surface area contributed by atoms with Gasteiger partial charge in [0, 0.05) is 0 Å². The van der Waals surface area contributed by atoms with Crippen molar-refractivity contribution >= 4 is 18.1 Å². The van der Waals surface area contributed by atoms with Crippen molar-refractivity contribution in [1.29, 1.82) is 0 Å². The Hall–Kier alpha value is -2.83. The third-order valence-electron chi connectivity index (χ3n) is 2.96. The van der Waals surface area contributed by atoms with Gasteiger partial charge in [0.25, 0.3) is 0 Å². The van der Waals surface area contributed by atoms with Gasteiger partial charge in [0.1, 0.15) is 19.3 Å². The quantitative estimate of drug-likeness (QED) is 0.657. The Labute approximate surface area is 127 Å². The van der Waals surface area contributed by atoms with Crippen LogP contribution in [0.5, 0.6) is 0 Å². The van der Waals surface area contributed by atoms with E-state index in [1.54, 1.807) is 12.1 Å². The van der Waals surface area contributed by atoms with Crippen LogP contribution in [0.2, 0.25) is 0 Å². The van der Waals surface area contributed by atoms with Crippen LogP contribution >= 0.6 is 0 Å². The molecule has 0 spiro atoms. The highest BCUT2D eigenvalue weighted by Gasteiger charge is 2.38. The number of imide groups is 1. The van der Waals surface area contributed by atoms with Crippen LogP contribution in [0.15, 0.2) is 43.0 Å². The van der Waals surface area contributed by atoms with E-state index < -0.39 is 24.1 Å². The van der Waals surface area contributed by atoms with Gasteiger partial charge in [-0.2, -0.15) is 0 Å². The number of rotatable bonds is 5. The maximum atomic E-state index is 11.9. The van der Waals surface area contributed by atoms with Gasteiger partial charge >= 0.3 is 18.1 Å². The van der Waals surface area contributed by atoms with Crippen LogP contribution in [0.3, 0.4) is 0 Å². The summed E-state index contributed by atoms with van der Waals surface area (Å²) in [7, 11) is 0. The number of carbonyl (C=O) groups excluding carboxylic acids is 3. The second kappa shape index (κ2) is 7.26. The van der Waals surface area contributed by atoms with Crippen molar-refractivity contribution in [2.45, 2.75) is 12.6 Å². The summed E-state index contributed by atoms with van der Waals surface area (Å²) < 4.78 is 9.88. The van der Waals surface area contributed by atoms with Crippen LogP contribution in [0.4, 0.5) is 9.59 Å². The maximum absolute atomic E-state index is 11.9. The number of hydrogen-bond donors (Lipinski definition) is 1. The zero-order valence-corrected chi connectivity index (χ0v) is 11.9. The third kappa shape index (κ3) is 3.85. The van der Waals surface area contributed by atoms with Crippen molar-refractivity contribution in [3.05, 3.63) is 48.6 Å². The first kappa shape index (κ1) is 15.6. The van der Waals surface area contributed by atoms with E-state index >= 15 is 0 Å². The van der Waals surface area contributed by atoms with E-state index in [0.717, 1.165) is 10.5 Å². The highest BCUT2D eigenvalue weighted by Crippen LogP contribution is 2.09. The van der Waals surface area contributed by atoms with Crippen molar-refractivity contribution in [2.24, 2.45) is 0 Å². The van der Waals surface area contributed by atoms with Gasteiger partial charge < -0.3 is 14.8 Å². The fraction of sp³-hybridized carbons (Fsp3) is 0.267. The Kier molecular flexibility index (Phi) is 5.13. The van der Waals surface area contributed by atoms with Crippen molar-refractivity contribution in [2.75, 3.05) is 13.2 Å². The Morgan fingerprint density at radius 2 is 2.05 bits per heavy atom. The van der Waals surface area contributed by atoms with E-state index in [0.29, 0.717) is 0 Å². The van der Waals surface area contributed by atoms with E-state index in [2.05, 4.69) is 11.9 Å². The Balaban J connectivity index is 1.86. The molecule has 116 valence electrons. The van der Waals surface area contributed by atoms with E-state index in [1.807, 2.05) is 18.2 Å². The Bertz CT molecular complexity index is 573. The lowest BCUT2D eigenvalue weighted by Gasteiger charge is -2.12. The molecule has 0 saturated carbocycles. The molecule has 0 aliphatic carbocycles. The van der Waals surface area contributed by atoms with Gasteiger partial charge in [-0.15, -0.1) is 0 Å². The van der Waals surface area contributed by atoms with E-state index in [-0.39, 0.29) is 19.8 Å². The van der Waals surface area contributed by atoms with E-state index in [1.165, 1.54) is 6.08 Å². The number of nitrogens with one attached hydrogen (secondary N) is 1. The van der Waals surface area contributed by atoms with E-state index in [4.69, 9.17) is 9.47 Å². The molecule has 7 heteroatoms. The molecule has 1 aliphatic rings. The molecule has 0 radical (unpaired) electrons. The van der Waals surface area contributed by atoms with Crippen molar-refractivity contribution in [3.63, 3.8) is 0 Å². The summed E-state index contributed by atoms with van der Waals surface area (Å²) in [6.45, 7) is 3.39. The number of ether oxygens (including phenoxy) is 2. The van der Waals surface area contributed by atoms with Crippen LogP contribution in [-0.4, -0.2) is 42.2 Å². The first-order valence-electron chi connectivity index (χ1n) is 6.68. The summed E-state index contributed by atoms with van der Waals surface area (Å²) in [5.41, 5.74) is 0.803. The topological polar surface area (TPSA) is 84.9 Å². The highest BCUT2D eigenvalue weighted by atomic mass is 16.6. The SMILES string of the molecule is C=CCOC(=O)C1CN(C(=O)OCc2ccccc2)C(=O)N1. The molecular formula is C15H16N2O5. The molecule has 1 atom stereocenters. The first-order valence-corrected chi connectivity index (χ1v) is 6.68. The fourth-order valence-corrected chi connectivity index (χ4v) is 1.87. The number of carbonyl (C=O) groups is 3. The third-order valence-corrected chi connectivity index (χ3v) is 2.96. The minimum atomic E-state index is -0.892. The first-order chi connectivity index (χ1) is 10.6. The Morgan fingerprint density at radius 3 is 2.73 bits per heavy atom. The fourth-order valence-electron chi connectivity index (χ4n) is 1.87. The second-order valence-electron chi connectivity index (χ2n) is 4.57. The molecule has 1 N–H and O–H groups in total. The van der Waals surface area contributed by atoms with Gasteiger partial charge in [-0.05, 0) is 5.56 Å². The normalized spacial score (nSPS) is 16.8. The molecular weight excluding hydrogens is 288 g/mol. The smallest absolute Gasteiger partial charge is 0.418 e. The summed E-state index contributed by atoms with van der Waals surface area (Å²) in [4.78, 5) is 36.1. The van der Waals surface area contributed by atoms with Gasteiger partial charge in [-0.1, -0.05) is 43.0 Å². The number of amides is 3. The van der Waals surface area contributed by atoms with Crippen LogP contribution < -0.4 is 5.32 Å². The van der Waals surface area contributed by atoms with Crippen LogP contribution in [0.25, 0.3) is 0 Å². The predicted molar refractivity (Wildman–Crippen MR) is 76.8 cm³/mol. The number of hydrogen-bond acceptors (Lipinski definition) is 5. The summed E-state index contributed by atoms with van der Waals surface area (Å²) in [6, 6.07) is 7.50. The zero-order chi connectivity index (χ0) is 15.9. The lowest BCUT2D eigenvalue weighted by atomic mass is 10.2. The van der Waals surface area contributed by atoms with Crippen molar-refractivity contribution in [1.82, 2.24) is 10.2 Å². The number of urea groups is 1. The minimum absolute atomic E-state index is 0.0453. The van der Waals surface area contributed by atoms with Gasteiger partial charge in [-0.25, -0.2) is 19.3 Å². The summed E-state index contributed by atoms with van der Waals surface area (Å²) in [5.74, 6) is -0.619. The molecule has 1 saturated heterocycles. The number of esters is 1. The van der Waals surface area contributed by atoms with Gasteiger partial charge in [0.2, 0.25) is 0 Å². The van der Waals surface area contributed by atoms with Gasteiger partial charge in [-0.3, -0.25) is 0 Å². The molecule has 1 aromatic rings. The molecule has 1 fully saturated rings. The molecule has 1 unspecified atom stereocenters. The van der Waals surface area contributed by atoms with Crippen molar-refractivity contribution in [3.8, 4) is 0 Å². The molecule has 7 nitrogen and oxygen atoms in total. The number of nitrogens with zero attached hydrogens (tertiary/aromatic N) is 1. The summed E-state index contributed by atoms with van der Waals surface area (Å²) in [6.07, 6.45) is 0.612. The van der Waals surface area contributed by atoms with E-state index in [9.17, 15) is 14.4 Å².